The molecule has 11 heteroatoms. The molecule has 1 saturated carbocycles. The molecule has 3 rings (SSSR count). The lowest BCUT2D eigenvalue weighted by atomic mass is 9.84. The first-order valence-corrected chi connectivity index (χ1v) is 11.9. The van der Waals surface area contributed by atoms with E-state index < -0.39 is 36.7 Å². The second-order valence-electron chi connectivity index (χ2n) is 10.7. The number of amides is 1. The Morgan fingerprint density at radius 3 is 2.39 bits per heavy atom. The highest BCUT2D eigenvalue weighted by molar-refractivity contribution is 5.99. The van der Waals surface area contributed by atoms with Crippen LogP contribution in [0.1, 0.15) is 59.3 Å². The Morgan fingerprint density at radius 2 is 1.82 bits per heavy atom. The molecule has 3 aliphatic rings. The number of rotatable bonds is 4. The van der Waals surface area contributed by atoms with E-state index in [4.69, 9.17) is 0 Å². The van der Waals surface area contributed by atoms with Crippen LogP contribution in [0.15, 0.2) is 4.99 Å². The molecular formula is C22H39F3N6O2. The Bertz CT molecular complexity index is 694. The van der Waals surface area contributed by atoms with E-state index >= 15 is 0 Å². The maximum Gasteiger partial charge on any atom is 0.245 e. The number of guanidine groups is 1. The van der Waals surface area contributed by atoms with E-state index in [9.17, 15) is 23.1 Å². The average molecular weight is 477 g/mol. The van der Waals surface area contributed by atoms with Gasteiger partial charge in [-0.3, -0.25) is 25.8 Å². The molecule has 3 fully saturated rings. The largest absolute Gasteiger partial charge is 0.379 e. The molecule has 2 aliphatic heterocycles. The molecule has 0 aromatic rings. The summed E-state index contributed by atoms with van der Waals surface area (Å²) in [6, 6.07) is -0.292. The van der Waals surface area contributed by atoms with Crippen molar-refractivity contribution in [1.82, 2.24) is 26.4 Å². The third-order valence-corrected chi connectivity index (χ3v) is 6.87. The molecular weight excluding hydrogens is 437 g/mol. The van der Waals surface area contributed by atoms with E-state index in [1.165, 1.54) is 0 Å². The highest BCUT2D eigenvalue weighted by Crippen LogP contribution is 2.31. The Balaban J connectivity index is 1.67. The number of hydrogen-bond donors (Lipinski definition) is 5. The quantitative estimate of drug-likeness (QED) is 0.312. The highest BCUT2D eigenvalue weighted by atomic mass is 19.2. The van der Waals surface area contributed by atoms with Crippen LogP contribution in [0.5, 0.6) is 0 Å². The Hall–Kier alpha value is -1.43. The second kappa shape index (κ2) is 10.9. The maximum atomic E-state index is 13.8. The first-order valence-electron chi connectivity index (χ1n) is 11.9. The number of halogens is 3. The zero-order chi connectivity index (χ0) is 24.3. The van der Waals surface area contributed by atoms with Gasteiger partial charge in [-0.15, -0.1) is 0 Å². The topological polar surface area (TPSA) is 101 Å². The molecule has 2 heterocycles. The van der Waals surface area contributed by atoms with E-state index in [-0.39, 0.29) is 48.9 Å². The number of aliphatic imine (C=N–C) groups is 1. The summed E-state index contributed by atoms with van der Waals surface area (Å²) in [6.07, 6.45) is -4.19. The number of likely N-dealkylation sites (N-methyl/N-ethyl adjacent to an activating group) is 1. The van der Waals surface area contributed by atoms with Crippen LogP contribution < -0.4 is 21.4 Å². The van der Waals surface area contributed by atoms with Gasteiger partial charge in [0.05, 0.1) is 6.17 Å². The molecule has 0 radical (unpaired) electrons. The van der Waals surface area contributed by atoms with Crippen molar-refractivity contribution in [2.24, 2.45) is 16.3 Å². The number of alkyl halides is 3. The number of carbonyl (C=O) groups is 1. The van der Waals surface area contributed by atoms with Crippen molar-refractivity contribution in [3.8, 4) is 0 Å². The van der Waals surface area contributed by atoms with Crippen molar-refractivity contribution in [3.63, 3.8) is 0 Å². The van der Waals surface area contributed by atoms with Crippen LogP contribution in [0.25, 0.3) is 0 Å². The number of aliphatic hydroxyl groups excluding tert-OH is 1. The monoisotopic (exact) mass is 476 g/mol. The molecule has 0 aromatic carbocycles. The summed E-state index contributed by atoms with van der Waals surface area (Å²) < 4.78 is 41.1. The summed E-state index contributed by atoms with van der Waals surface area (Å²) in [5, 5.41) is 20.6. The highest BCUT2D eigenvalue weighted by Gasteiger charge is 2.41. The predicted molar refractivity (Wildman–Crippen MR) is 120 cm³/mol. The fourth-order valence-corrected chi connectivity index (χ4v) is 4.70. The minimum Gasteiger partial charge on any atom is -0.379 e. The Morgan fingerprint density at radius 1 is 1.15 bits per heavy atom. The zero-order valence-electron chi connectivity index (χ0n) is 20.0. The standard InChI is InChI=1S/C22H39F3N6O2/c1-22(2,3)16-10-15(31(4)30-16)20(33)29-21(28-17-6-5-7-18(32)27-17)26-11-12-8-13(23)19(25)14(24)9-12/h12-19,27,30,32H,5-11H2,1-4H3,(H2,26,28,29,33). The van der Waals surface area contributed by atoms with Crippen molar-refractivity contribution in [3.05, 3.63) is 0 Å². The molecule has 6 unspecified atom stereocenters. The van der Waals surface area contributed by atoms with Gasteiger partial charge in [0.25, 0.3) is 0 Å². The van der Waals surface area contributed by atoms with Gasteiger partial charge in [0.2, 0.25) is 5.91 Å². The van der Waals surface area contributed by atoms with Gasteiger partial charge in [-0.1, -0.05) is 20.8 Å². The van der Waals surface area contributed by atoms with Gasteiger partial charge in [0.1, 0.15) is 24.6 Å². The molecule has 1 amide bonds. The van der Waals surface area contributed by atoms with Gasteiger partial charge in [0, 0.05) is 19.6 Å². The van der Waals surface area contributed by atoms with Crippen LogP contribution in [0.4, 0.5) is 13.2 Å². The van der Waals surface area contributed by atoms with E-state index in [0.29, 0.717) is 12.8 Å². The molecule has 5 N–H and O–H groups in total. The van der Waals surface area contributed by atoms with E-state index in [2.05, 4.69) is 47.1 Å². The van der Waals surface area contributed by atoms with Gasteiger partial charge < -0.3 is 10.4 Å². The van der Waals surface area contributed by atoms with Crippen molar-refractivity contribution >= 4 is 11.9 Å². The molecule has 0 aromatic heterocycles. The number of carbonyl (C=O) groups excluding carboxylic acids is 1. The van der Waals surface area contributed by atoms with E-state index in [0.717, 1.165) is 12.8 Å². The van der Waals surface area contributed by atoms with Crippen molar-refractivity contribution in [2.45, 2.75) is 102 Å². The van der Waals surface area contributed by atoms with Crippen molar-refractivity contribution in [2.75, 3.05) is 13.6 Å². The van der Waals surface area contributed by atoms with Gasteiger partial charge in [-0.25, -0.2) is 18.2 Å². The molecule has 0 bridgehead atoms. The first-order chi connectivity index (χ1) is 15.4. The summed E-state index contributed by atoms with van der Waals surface area (Å²) in [5.41, 5.74) is 3.30. The van der Waals surface area contributed by atoms with Crippen LogP contribution in [-0.2, 0) is 4.79 Å². The lowest BCUT2D eigenvalue weighted by molar-refractivity contribution is -0.124. The molecule has 190 valence electrons. The molecule has 33 heavy (non-hydrogen) atoms. The summed E-state index contributed by atoms with van der Waals surface area (Å²) >= 11 is 0. The summed E-state index contributed by atoms with van der Waals surface area (Å²) in [6.45, 7) is 6.38. The molecule has 6 atom stereocenters. The minimum atomic E-state index is -2.09. The van der Waals surface area contributed by atoms with E-state index in [1.54, 1.807) is 5.01 Å². The maximum absolute atomic E-state index is 13.8. The van der Waals surface area contributed by atoms with Gasteiger partial charge >= 0.3 is 0 Å². The summed E-state index contributed by atoms with van der Waals surface area (Å²) in [5.74, 6) is -0.521. The van der Waals surface area contributed by atoms with Crippen LogP contribution in [-0.4, -0.2) is 78.6 Å². The van der Waals surface area contributed by atoms with Crippen molar-refractivity contribution in [1.29, 1.82) is 0 Å². The normalized spacial score (nSPS) is 38.8. The van der Waals surface area contributed by atoms with Gasteiger partial charge in [0.15, 0.2) is 12.1 Å². The van der Waals surface area contributed by atoms with Crippen LogP contribution in [0.2, 0.25) is 0 Å². The predicted octanol–water partition coefficient (Wildman–Crippen LogP) is 1.51. The second-order valence-corrected chi connectivity index (χ2v) is 10.7. The molecule has 1 aliphatic carbocycles. The lowest BCUT2D eigenvalue weighted by Gasteiger charge is -2.31. The number of hydrogen-bond acceptors (Lipinski definition) is 6. The van der Waals surface area contributed by atoms with Crippen molar-refractivity contribution < 1.29 is 23.1 Å². The zero-order valence-corrected chi connectivity index (χ0v) is 20.0. The number of nitrogens with zero attached hydrogens (tertiary/aromatic N) is 2. The fraction of sp³-hybridized carbons (Fsp3) is 0.909. The molecule has 0 spiro atoms. The number of nitrogens with one attached hydrogen (secondary N) is 4. The molecule has 2 saturated heterocycles. The third-order valence-electron chi connectivity index (χ3n) is 6.87. The van der Waals surface area contributed by atoms with Gasteiger partial charge in [-0.2, -0.15) is 0 Å². The number of piperidine rings is 1. The summed E-state index contributed by atoms with van der Waals surface area (Å²) in [4.78, 5) is 17.5. The Kier molecular flexibility index (Phi) is 8.63. The van der Waals surface area contributed by atoms with Crippen LogP contribution >= 0.6 is 0 Å². The Labute approximate surface area is 194 Å². The SMILES string of the molecule is CN1NC(C(C)(C)C)CC1C(=O)NC(=NCC1CC(F)C(F)C(F)C1)NC1CCCC(O)N1. The van der Waals surface area contributed by atoms with E-state index in [1.807, 2.05) is 7.05 Å². The average Bonchev–Trinajstić information content (AvgIpc) is 3.12. The van der Waals surface area contributed by atoms with Crippen LogP contribution in [0.3, 0.4) is 0 Å². The van der Waals surface area contributed by atoms with Crippen LogP contribution in [0, 0.1) is 11.3 Å². The third kappa shape index (κ3) is 7.03. The molecule has 8 nitrogen and oxygen atoms in total. The smallest absolute Gasteiger partial charge is 0.245 e. The lowest BCUT2D eigenvalue weighted by Crippen LogP contribution is -2.57. The first kappa shape index (κ1) is 26.2. The fourth-order valence-electron chi connectivity index (χ4n) is 4.70. The number of aliphatic hydroxyl groups is 1. The number of hydrazine groups is 1. The van der Waals surface area contributed by atoms with Gasteiger partial charge in [-0.05, 0) is 49.9 Å². The summed E-state index contributed by atoms with van der Waals surface area (Å²) in [7, 11) is 1.82. The minimum absolute atomic E-state index is 0.0261.